The molecule has 0 radical (unpaired) electrons. The molecule has 0 unspecified atom stereocenters. The van der Waals surface area contributed by atoms with Crippen molar-refractivity contribution in [3.05, 3.63) is 65.2 Å². The molecule has 0 amide bonds. The number of aromatic amines is 1. The van der Waals surface area contributed by atoms with Crippen LogP contribution >= 0.6 is 0 Å². The number of aryl methyl sites for hydroxylation is 2. The van der Waals surface area contributed by atoms with Crippen molar-refractivity contribution in [2.45, 2.75) is 32.9 Å². The average Bonchev–Trinajstić information content (AvgIpc) is 3.30. The van der Waals surface area contributed by atoms with Crippen LogP contribution in [0, 0.1) is 19.8 Å². The molecule has 3 heterocycles. The van der Waals surface area contributed by atoms with E-state index in [1.54, 1.807) is 0 Å². The smallest absolute Gasteiger partial charge is 0.0711 e. The fraction of sp³-hybridized carbons (Fsp3) is 0.400. The van der Waals surface area contributed by atoms with Gasteiger partial charge in [0, 0.05) is 43.0 Å². The molecule has 6 heteroatoms. The molecular weight excluding hydrogens is 326 g/mol. The molecule has 6 nitrogen and oxygen atoms in total. The fourth-order valence-corrected chi connectivity index (χ4v) is 3.72. The lowest BCUT2D eigenvalue weighted by Crippen LogP contribution is -2.21. The third-order valence-corrected chi connectivity index (χ3v) is 5.13. The van der Waals surface area contributed by atoms with Gasteiger partial charge in [0.1, 0.15) is 0 Å². The Morgan fingerprint density at radius 1 is 1.19 bits per heavy atom. The second kappa shape index (κ2) is 7.05. The number of rotatable bonds is 5. The van der Waals surface area contributed by atoms with Gasteiger partial charge in [-0.05, 0) is 38.5 Å². The molecule has 0 bridgehead atoms. The number of aliphatic hydroxyl groups is 1. The molecular formula is C20H25N5O. The Bertz CT molecular complexity index is 869. The summed E-state index contributed by atoms with van der Waals surface area (Å²) in [5, 5.41) is 22.4. The lowest BCUT2D eigenvalue weighted by Gasteiger charge is -2.14. The lowest BCUT2D eigenvalue weighted by atomic mass is 10.0. The molecule has 2 N–H and O–H groups in total. The van der Waals surface area contributed by atoms with Gasteiger partial charge >= 0.3 is 0 Å². The molecule has 1 aliphatic heterocycles. The maximum absolute atomic E-state index is 10.5. The zero-order chi connectivity index (χ0) is 18.1. The molecule has 26 heavy (non-hydrogen) atoms. The van der Waals surface area contributed by atoms with E-state index in [1.165, 1.54) is 5.56 Å². The van der Waals surface area contributed by atoms with Gasteiger partial charge in [-0.25, -0.2) is 4.68 Å². The quantitative estimate of drug-likeness (QED) is 0.740. The third kappa shape index (κ3) is 3.57. The highest BCUT2D eigenvalue weighted by Crippen LogP contribution is 2.24. The third-order valence-electron chi connectivity index (χ3n) is 5.13. The van der Waals surface area contributed by atoms with E-state index in [0.717, 1.165) is 42.3 Å². The molecule has 0 saturated carbocycles. The van der Waals surface area contributed by atoms with E-state index in [0.29, 0.717) is 6.54 Å². The minimum Gasteiger partial charge on any atom is -0.391 e. The number of para-hydroxylation sites is 1. The Morgan fingerprint density at radius 2 is 2.00 bits per heavy atom. The minimum absolute atomic E-state index is 0.224. The Labute approximate surface area is 153 Å². The van der Waals surface area contributed by atoms with Crippen LogP contribution in [0.1, 0.15) is 22.6 Å². The molecule has 2 atom stereocenters. The monoisotopic (exact) mass is 351 g/mol. The van der Waals surface area contributed by atoms with E-state index in [-0.39, 0.29) is 12.0 Å². The van der Waals surface area contributed by atoms with E-state index in [9.17, 15) is 5.11 Å². The van der Waals surface area contributed by atoms with Crippen molar-refractivity contribution < 1.29 is 5.11 Å². The molecule has 3 aromatic rings. The first kappa shape index (κ1) is 17.0. The molecule has 1 aliphatic rings. The van der Waals surface area contributed by atoms with Crippen molar-refractivity contribution in [3.8, 4) is 5.69 Å². The molecule has 1 saturated heterocycles. The van der Waals surface area contributed by atoms with Crippen molar-refractivity contribution >= 4 is 0 Å². The van der Waals surface area contributed by atoms with Crippen LogP contribution in [0.15, 0.2) is 42.6 Å². The van der Waals surface area contributed by atoms with Gasteiger partial charge in [-0.3, -0.25) is 10.00 Å². The van der Waals surface area contributed by atoms with Crippen molar-refractivity contribution in [1.29, 1.82) is 0 Å². The highest BCUT2D eigenvalue weighted by molar-refractivity contribution is 5.32. The zero-order valence-electron chi connectivity index (χ0n) is 15.3. The van der Waals surface area contributed by atoms with Crippen LogP contribution in [0.25, 0.3) is 5.69 Å². The number of hydrogen-bond acceptors (Lipinski definition) is 4. The van der Waals surface area contributed by atoms with Gasteiger partial charge in [-0.15, -0.1) is 0 Å². The summed E-state index contributed by atoms with van der Waals surface area (Å²) >= 11 is 0. The molecule has 2 aromatic heterocycles. The summed E-state index contributed by atoms with van der Waals surface area (Å²) in [6.07, 6.45) is 2.60. The topological polar surface area (TPSA) is 70.0 Å². The van der Waals surface area contributed by atoms with Crippen LogP contribution in [0.3, 0.4) is 0 Å². The van der Waals surface area contributed by atoms with E-state index in [2.05, 4.69) is 44.6 Å². The average molecular weight is 351 g/mol. The maximum atomic E-state index is 10.5. The van der Waals surface area contributed by atoms with Gasteiger partial charge in [0.2, 0.25) is 0 Å². The Kier molecular flexibility index (Phi) is 4.61. The number of nitrogens with zero attached hydrogens (tertiary/aromatic N) is 4. The molecule has 1 aromatic carbocycles. The second-order valence-electron chi connectivity index (χ2n) is 7.29. The van der Waals surface area contributed by atoms with Crippen molar-refractivity contribution in [3.63, 3.8) is 0 Å². The van der Waals surface area contributed by atoms with E-state index < -0.39 is 0 Å². The second-order valence-corrected chi connectivity index (χ2v) is 7.29. The summed E-state index contributed by atoms with van der Waals surface area (Å²) in [5.74, 6) is 0.224. The van der Waals surface area contributed by atoms with Crippen molar-refractivity contribution in [2.75, 3.05) is 13.1 Å². The zero-order valence-corrected chi connectivity index (χ0v) is 15.3. The van der Waals surface area contributed by atoms with Crippen LogP contribution in [0.4, 0.5) is 0 Å². The number of β-amino-alcohol motifs (C(OH)–C–C–N with tert-alkyl or cyclic N) is 1. The summed E-state index contributed by atoms with van der Waals surface area (Å²) in [7, 11) is 0. The summed E-state index contributed by atoms with van der Waals surface area (Å²) < 4.78 is 1.93. The number of aromatic nitrogens is 4. The Morgan fingerprint density at radius 3 is 2.73 bits per heavy atom. The van der Waals surface area contributed by atoms with Gasteiger partial charge in [0.25, 0.3) is 0 Å². The molecule has 136 valence electrons. The number of H-pyrrole nitrogens is 1. The van der Waals surface area contributed by atoms with E-state index in [1.807, 2.05) is 36.7 Å². The largest absolute Gasteiger partial charge is 0.391 e. The van der Waals surface area contributed by atoms with Gasteiger partial charge in [0.05, 0.1) is 23.2 Å². The molecule has 0 aliphatic carbocycles. The van der Waals surface area contributed by atoms with Crippen molar-refractivity contribution in [1.82, 2.24) is 24.9 Å². The fourth-order valence-electron chi connectivity index (χ4n) is 3.72. The SMILES string of the molecule is Cc1cc(C[C@@H]2CN(Cc3cn(-c4ccccc4)nc3C)C[C@H]2O)n[nH]1. The Hall–Kier alpha value is -2.44. The molecule has 4 rings (SSSR count). The predicted octanol–water partition coefficient (Wildman–Crippen LogP) is 2.25. The number of likely N-dealkylation sites (tertiary alicyclic amines) is 1. The van der Waals surface area contributed by atoms with Gasteiger partial charge in [-0.2, -0.15) is 10.2 Å². The standard InChI is InChI=1S/C20H25N5O/c1-14-8-18(22-21-14)9-16-10-24(13-20(16)26)11-17-12-25(23-15(17)2)19-6-4-3-5-7-19/h3-8,12,16,20,26H,9-11,13H2,1-2H3,(H,21,22)/t16-,20-/m1/s1. The Balaban J connectivity index is 1.42. The van der Waals surface area contributed by atoms with E-state index in [4.69, 9.17) is 0 Å². The predicted molar refractivity (Wildman–Crippen MR) is 100 cm³/mol. The normalized spacial score (nSPS) is 20.7. The molecule has 0 spiro atoms. The summed E-state index contributed by atoms with van der Waals surface area (Å²) in [5.41, 5.74) is 5.40. The van der Waals surface area contributed by atoms with Crippen LogP contribution in [0.2, 0.25) is 0 Å². The highest BCUT2D eigenvalue weighted by Gasteiger charge is 2.32. The minimum atomic E-state index is -0.309. The first-order valence-corrected chi connectivity index (χ1v) is 9.10. The first-order valence-electron chi connectivity index (χ1n) is 9.10. The summed E-state index contributed by atoms with van der Waals surface area (Å²) in [6.45, 7) is 6.44. The van der Waals surface area contributed by atoms with Crippen LogP contribution < -0.4 is 0 Å². The maximum Gasteiger partial charge on any atom is 0.0711 e. The number of benzene rings is 1. The number of nitrogens with one attached hydrogen (secondary N) is 1. The number of hydrogen-bond donors (Lipinski definition) is 2. The van der Waals surface area contributed by atoms with Crippen molar-refractivity contribution in [2.24, 2.45) is 5.92 Å². The van der Waals surface area contributed by atoms with Gasteiger partial charge < -0.3 is 5.11 Å². The van der Waals surface area contributed by atoms with Crippen LogP contribution in [-0.4, -0.2) is 49.2 Å². The van der Waals surface area contributed by atoms with Crippen LogP contribution in [-0.2, 0) is 13.0 Å². The van der Waals surface area contributed by atoms with Crippen LogP contribution in [0.5, 0.6) is 0 Å². The lowest BCUT2D eigenvalue weighted by molar-refractivity contribution is 0.140. The first-order chi connectivity index (χ1) is 12.6. The van der Waals surface area contributed by atoms with E-state index >= 15 is 0 Å². The van der Waals surface area contributed by atoms with Gasteiger partial charge in [-0.1, -0.05) is 18.2 Å². The number of aliphatic hydroxyl groups excluding tert-OH is 1. The summed E-state index contributed by atoms with van der Waals surface area (Å²) in [4.78, 5) is 2.31. The summed E-state index contributed by atoms with van der Waals surface area (Å²) in [6, 6.07) is 12.2. The van der Waals surface area contributed by atoms with Gasteiger partial charge in [0.15, 0.2) is 0 Å². The highest BCUT2D eigenvalue weighted by atomic mass is 16.3. The molecule has 1 fully saturated rings.